The van der Waals surface area contributed by atoms with Crippen molar-refractivity contribution in [3.8, 4) is 0 Å². The zero-order valence-corrected chi connectivity index (χ0v) is 9.31. The monoisotopic (exact) mass is 234 g/mol. The largest absolute Gasteiger partial charge is 0.264 e. The average molecular weight is 234 g/mol. The molecule has 0 heterocycles. The third kappa shape index (κ3) is 2.53. The van der Waals surface area contributed by atoms with Crippen LogP contribution in [0.5, 0.6) is 0 Å². The van der Waals surface area contributed by atoms with E-state index < -0.39 is 16.3 Å². The average Bonchev–Trinajstić information content (AvgIpc) is 2.17. The van der Waals surface area contributed by atoms with Gasteiger partial charge in [-0.1, -0.05) is 13.0 Å². The van der Waals surface area contributed by atoms with Gasteiger partial charge in [0.05, 0.1) is 10.6 Å². The highest BCUT2D eigenvalue weighted by Crippen LogP contribution is 2.25. The normalized spacial score (nSPS) is 12.1. The molecule has 2 nitrogen and oxygen atoms in total. The second kappa shape index (κ2) is 4.26. The molecule has 0 spiro atoms. The van der Waals surface area contributed by atoms with Crippen molar-refractivity contribution in [2.45, 2.75) is 25.2 Å². The third-order valence-corrected chi connectivity index (χ3v) is 3.96. The maximum absolute atomic E-state index is 12.5. The van der Waals surface area contributed by atoms with Crippen LogP contribution in [0, 0.1) is 6.92 Å². The minimum Gasteiger partial charge on any atom is -0.224 e. The molecule has 15 heavy (non-hydrogen) atoms. The molecule has 0 aliphatic carbocycles. The van der Waals surface area contributed by atoms with Crippen molar-refractivity contribution in [2.75, 3.05) is 5.75 Å². The molecule has 0 aliphatic heterocycles. The Morgan fingerprint density at radius 1 is 1.33 bits per heavy atom. The molecule has 0 N–H and O–H groups in total. The summed E-state index contributed by atoms with van der Waals surface area (Å²) in [6, 6.07) is 3.82. The lowest BCUT2D eigenvalue weighted by molar-refractivity contribution is 0.150. The maximum atomic E-state index is 12.5. The van der Waals surface area contributed by atoms with E-state index in [1.54, 1.807) is 0 Å². The fourth-order valence-corrected chi connectivity index (χ4v) is 2.13. The van der Waals surface area contributed by atoms with Crippen LogP contribution in [0.3, 0.4) is 0 Å². The SMILES string of the molecule is CCS(=O)(=O)c1ccc(C)c(C(F)F)c1. The summed E-state index contributed by atoms with van der Waals surface area (Å²) < 4.78 is 47.9. The fraction of sp³-hybridized carbons (Fsp3) is 0.400. The van der Waals surface area contributed by atoms with Crippen molar-refractivity contribution in [1.29, 1.82) is 0 Å². The summed E-state index contributed by atoms with van der Waals surface area (Å²) in [5.74, 6) is -0.0846. The number of alkyl halides is 2. The Labute approximate surface area is 87.8 Å². The summed E-state index contributed by atoms with van der Waals surface area (Å²) in [6.07, 6.45) is -2.64. The van der Waals surface area contributed by atoms with Gasteiger partial charge in [-0.25, -0.2) is 17.2 Å². The summed E-state index contributed by atoms with van der Waals surface area (Å²) in [5, 5.41) is 0. The summed E-state index contributed by atoms with van der Waals surface area (Å²) in [5.41, 5.74) is 0.185. The van der Waals surface area contributed by atoms with Gasteiger partial charge in [-0.3, -0.25) is 0 Å². The molecule has 5 heteroatoms. The van der Waals surface area contributed by atoms with Crippen LogP contribution in [-0.2, 0) is 9.84 Å². The standard InChI is InChI=1S/C10H12F2O2S/c1-3-15(13,14)8-5-4-7(2)9(6-8)10(11)12/h4-6,10H,3H2,1-2H3. The van der Waals surface area contributed by atoms with Crippen molar-refractivity contribution >= 4 is 9.84 Å². The topological polar surface area (TPSA) is 34.1 Å². The first-order chi connectivity index (χ1) is 6.88. The van der Waals surface area contributed by atoms with Gasteiger partial charge in [-0.15, -0.1) is 0 Å². The summed E-state index contributed by atoms with van der Waals surface area (Å²) in [4.78, 5) is -0.0362. The quantitative estimate of drug-likeness (QED) is 0.805. The first-order valence-corrected chi connectivity index (χ1v) is 6.15. The van der Waals surface area contributed by atoms with Gasteiger partial charge < -0.3 is 0 Å². The van der Waals surface area contributed by atoms with Crippen LogP contribution >= 0.6 is 0 Å². The van der Waals surface area contributed by atoms with Crippen molar-refractivity contribution in [3.05, 3.63) is 29.3 Å². The molecule has 0 amide bonds. The molecular formula is C10H12F2O2S. The van der Waals surface area contributed by atoms with E-state index in [2.05, 4.69) is 0 Å². The van der Waals surface area contributed by atoms with E-state index in [4.69, 9.17) is 0 Å². The Kier molecular flexibility index (Phi) is 3.44. The molecule has 1 aromatic rings. The highest BCUT2D eigenvalue weighted by molar-refractivity contribution is 7.91. The van der Waals surface area contributed by atoms with E-state index in [1.807, 2.05) is 0 Å². The fourth-order valence-electron chi connectivity index (χ4n) is 1.21. The second-order valence-electron chi connectivity index (χ2n) is 3.22. The van der Waals surface area contributed by atoms with E-state index in [0.29, 0.717) is 5.56 Å². The van der Waals surface area contributed by atoms with Gasteiger partial charge in [0.25, 0.3) is 6.43 Å². The lowest BCUT2D eigenvalue weighted by Crippen LogP contribution is -2.05. The highest BCUT2D eigenvalue weighted by atomic mass is 32.2. The van der Waals surface area contributed by atoms with Crippen molar-refractivity contribution in [2.24, 2.45) is 0 Å². The molecule has 84 valence electrons. The van der Waals surface area contributed by atoms with E-state index in [-0.39, 0.29) is 16.2 Å². The molecule has 0 aliphatic rings. The number of hydrogen-bond acceptors (Lipinski definition) is 2. The summed E-state index contributed by atoms with van der Waals surface area (Å²) >= 11 is 0. The summed E-state index contributed by atoms with van der Waals surface area (Å²) in [7, 11) is -3.40. The Hall–Kier alpha value is -0.970. The van der Waals surface area contributed by atoms with Gasteiger partial charge in [-0.05, 0) is 24.6 Å². The summed E-state index contributed by atoms with van der Waals surface area (Å²) in [6.45, 7) is 3.01. The first-order valence-electron chi connectivity index (χ1n) is 4.50. The maximum Gasteiger partial charge on any atom is 0.264 e. The zero-order valence-electron chi connectivity index (χ0n) is 8.50. The first kappa shape index (κ1) is 12.1. The smallest absolute Gasteiger partial charge is 0.224 e. The number of hydrogen-bond donors (Lipinski definition) is 0. The van der Waals surface area contributed by atoms with Crippen LogP contribution in [-0.4, -0.2) is 14.2 Å². The molecule has 1 aromatic carbocycles. The molecule has 0 saturated carbocycles. The number of sulfone groups is 1. The lowest BCUT2D eigenvalue weighted by Gasteiger charge is -2.07. The van der Waals surface area contributed by atoms with Crippen molar-refractivity contribution in [3.63, 3.8) is 0 Å². The van der Waals surface area contributed by atoms with Crippen molar-refractivity contribution < 1.29 is 17.2 Å². The Morgan fingerprint density at radius 2 is 1.93 bits per heavy atom. The third-order valence-electron chi connectivity index (χ3n) is 2.22. The van der Waals surface area contributed by atoms with Gasteiger partial charge in [-0.2, -0.15) is 0 Å². The van der Waals surface area contributed by atoms with Crippen LogP contribution in [0.4, 0.5) is 8.78 Å². The molecular weight excluding hydrogens is 222 g/mol. The van der Waals surface area contributed by atoms with E-state index in [9.17, 15) is 17.2 Å². The molecule has 0 bridgehead atoms. The van der Waals surface area contributed by atoms with E-state index in [1.165, 1.54) is 26.0 Å². The van der Waals surface area contributed by atoms with Gasteiger partial charge in [0.1, 0.15) is 0 Å². The molecule has 1 rings (SSSR count). The number of aryl methyl sites for hydroxylation is 1. The Bertz CT molecular complexity index is 452. The van der Waals surface area contributed by atoms with Crippen molar-refractivity contribution in [1.82, 2.24) is 0 Å². The predicted molar refractivity (Wildman–Crippen MR) is 53.9 cm³/mol. The Balaban J connectivity index is 3.31. The predicted octanol–water partition coefficient (Wildman–Crippen LogP) is 2.73. The van der Waals surface area contributed by atoms with Crippen LogP contribution in [0.1, 0.15) is 24.5 Å². The minimum absolute atomic E-state index is 0.0362. The number of halogens is 2. The number of benzene rings is 1. The molecule has 0 fully saturated rings. The van der Waals surface area contributed by atoms with Gasteiger partial charge in [0.15, 0.2) is 9.84 Å². The molecule has 0 radical (unpaired) electrons. The van der Waals surface area contributed by atoms with Crippen LogP contribution in [0.15, 0.2) is 23.1 Å². The molecule has 0 saturated heterocycles. The minimum atomic E-state index is -3.40. The molecule has 0 atom stereocenters. The molecule has 0 aromatic heterocycles. The van der Waals surface area contributed by atoms with E-state index >= 15 is 0 Å². The van der Waals surface area contributed by atoms with Crippen LogP contribution in [0.25, 0.3) is 0 Å². The van der Waals surface area contributed by atoms with Crippen LogP contribution in [0.2, 0.25) is 0 Å². The van der Waals surface area contributed by atoms with Gasteiger partial charge in [0.2, 0.25) is 0 Å². The second-order valence-corrected chi connectivity index (χ2v) is 5.50. The van der Waals surface area contributed by atoms with Crippen LogP contribution < -0.4 is 0 Å². The highest BCUT2D eigenvalue weighted by Gasteiger charge is 2.16. The lowest BCUT2D eigenvalue weighted by atomic mass is 10.1. The van der Waals surface area contributed by atoms with E-state index in [0.717, 1.165) is 6.07 Å². The Morgan fingerprint density at radius 3 is 2.40 bits per heavy atom. The number of rotatable bonds is 3. The van der Waals surface area contributed by atoms with Gasteiger partial charge in [0, 0.05) is 5.56 Å². The van der Waals surface area contributed by atoms with Gasteiger partial charge >= 0.3 is 0 Å². The zero-order chi connectivity index (χ0) is 11.6. The molecule has 0 unspecified atom stereocenters.